The van der Waals surface area contributed by atoms with Gasteiger partial charge in [0.15, 0.2) is 0 Å². The number of fused-ring (bicyclic) bond motifs is 1. The van der Waals surface area contributed by atoms with E-state index in [1.807, 2.05) is 12.1 Å². The molecule has 0 spiro atoms. The number of hydrogen-bond acceptors (Lipinski definition) is 2. The Morgan fingerprint density at radius 3 is 2.82 bits per heavy atom. The monoisotopic (exact) mass is 223 g/mol. The maximum Gasteiger partial charge on any atom is 0.120 e. The number of aromatic nitrogens is 3. The van der Waals surface area contributed by atoms with Gasteiger partial charge in [0.05, 0.1) is 0 Å². The molecule has 0 saturated carbocycles. The lowest BCUT2D eigenvalue weighted by Gasteiger charge is -2.04. The molecule has 1 N–H and O–H groups in total. The molecular formula is C14H13N3. The van der Waals surface area contributed by atoms with E-state index in [1.54, 1.807) is 0 Å². The van der Waals surface area contributed by atoms with Crippen molar-refractivity contribution < 1.29 is 0 Å². The van der Waals surface area contributed by atoms with Crippen molar-refractivity contribution in [3.63, 3.8) is 0 Å². The summed E-state index contributed by atoms with van der Waals surface area (Å²) in [5.74, 6) is 0. The molecule has 0 atom stereocenters. The Hall–Kier alpha value is -2.16. The van der Waals surface area contributed by atoms with Crippen molar-refractivity contribution in [3.8, 4) is 11.1 Å². The van der Waals surface area contributed by atoms with Gasteiger partial charge in [-0.15, -0.1) is 0 Å². The Balaban J connectivity index is 2.23. The lowest BCUT2D eigenvalue weighted by Crippen LogP contribution is -1.84. The summed E-state index contributed by atoms with van der Waals surface area (Å²) in [6.45, 7) is 2.16. The van der Waals surface area contributed by atoms with Gasteiger partial charge in [0, 0.05) is 5.56 Å². The number of H-pyrrole nitrogens is 1. The molecule has 0 amide bonds. The first kappa shape index (κ1) is 10.0. The highest BCUT2D eigenvalue weighted by atomic mass is 15.3. The van der Waals surface area contributed by atoms with Crippen molar-refractivity contribution in [2.75, 3.05) is 0 Å². The number of benzene rings is 2. The first-order chi connectivity index (χ1) is 8.38. The fraction of sp³-hybridized carbons (Fsp3) is 0.143. The van der Waals surface area contributed by atoms with Crippen molar-refractivity contribution in [1.82, 2.24) is 15.4 Å². The SMILES string of the molecule is CCc1cccc(-c2cccc3n[nH]nc23)c1. The van der Waals surface area contributed by atoms with Gasteiger partial charge >= 0.3 is 0 Å². The third-order valence-electron chi connectivity index (χ3n) is 2.99. The molecule has 3 heteroatoms. The van der Waals surface area contributed by atoms with Gasteiger partial charge in [0.25, 0.3) is 0 Å². The van der Waals surface area contributed by atoms with Crippen LogP contribution in [0.1, 0.15) is 12.5 Å². The van der Waals surface area contributed by atoms with Gasteiger partial charge < -0.3 is 0 Å². The summed E-state index contributed by atoms with van der Waals surface area (Å²) in [4.78, 5) is 0. The predicted molar refractivity (Wildman–Crippen MR) is 68.7 cm³/mol. The van der Waals surface area contributed by atoms with Gasteiger partial charge in [-0.2, -0.15) is 15.4 Å². The molecule has 3 nitrogen and oxygen atoms in total. The summed E-state index contributed by atoms with van der Waals surface area (Å²) in [6, 6.07) is 14.6. The molecule has 0 aliphatic heterocycles. The quantitative estimate of drug-likeness (QED) is 0.725. The molecule has 3 aromatic rings. The van der Waals surface area contributed by atoms with Gasteiger partial charge in [0.2, 0.25) is 0 Å². The van der Waals surface area contributed by atoms with Crippen LogP contribution >= 0.6 is 0 Å². The molecule has 0 radical (unpaired) electrons. The van der Waals surface area contributed by atoms with E-state index in [1.165, 1.54) is 11.1 Å². The van der Waals surface area contributed by atoms with Crippen LogP contribution in [-0.2, 0) is 6.42 Å². The molecule has 2 aromatic carbocycles. The van der Waals surface area contributed by atoms with Crippen LogP contribution < -0.4 is 0 Å². The van der Waals surface area contributed by atoms with E-state index in [9.17, 15) is 0 Å². The number of aromatic amines is 1. The van der Waals surface area contributed by atoms with Crippen LogP contribution in [0.5, 0.6) is 0 Å². The minimum Gasteiger partial charge on any atom is -0.197 e. The van der Waals surface area contributed by atoms with Crippen LogP contribution in [-0.4, -0.2) is 15.4 Å². The van der Waals surface area contributed by atoms with Crippen LogP contribution in [0.3, 0.4) is 0 Å². The van der Waals surface area contributed by atoms with Crippen molar-refractivity contribution in [2.45, 2.75) is 13.3 Å². The van der Waals surface area contributed by atoms with Gasteiger partial charge in [-0.05, 0) is 23.6 Å². The third kappa shape index (κ3) is 1.69. The average molecular weight is 223 g/mol. The second-order valence-corrected chi connectivity index (χ2v) is 4.05. The number of para-hydroxylation sites is 1. The topological polar surface area (TPSA) is 41.6 Å². The normalized spacial score (nSPS) is 10.9. The Bertz CT molecular complexity index is 655. The molecule has 0 aliphatic carbocycles. The minimum atomic E-state index is 0.907. The summed E-state index contributed by atoms with van der Waals surface area (Å²) in [5, 5.41) is 11.0. The van der Waals surface area contributed by atoms with Crippen molar-refractivity contribution in [1.29, 1.82) is 0 Å². The van der Waals surface area contributed by atoms with Crippen molar-refractivity contribution in [3.05, 3.63) is 48.0 Å². The highest BCUT2D eigenvalue weighted by molar-refractivity contribution is 5.91. The molecule has 0 bridgehead atoms. The lowest BCUT2D eigenvalue weighted by molar-refractivity contribution is 0.959. The Morgan fingerprint density at radius 2 is 1.94 bits per heavy atom. The fourth-order valence-corrected chi connectivity index (χ4v) is 2.06. The van der Waals surface area contributed by atoms with Gasteiger partial charge in [-0.1, -0.05) is 43.3 Å². The third-order valence-corrected chi connectivity index (χ3v) is 2.99. The molecule has 17 heavy (non-hydrogen) atoms. The van der Waals surface area contributed by atoms with Crippen LogP contribution in [0, 0.1) is 0 Å². The van der Waals surface area contributed by atoms with E-state index in [2.05, 4.69) is 52.7 Å². The highest BCUT2D eigenvalue weighted by Crippen LogP contribution is 2.26. The Morgan fingerprint density at radius 1 is 1.06 bits per heavy atom. The second-order valence-electron chi connectivity index (χ2n) is 4.05. The zero-order chi connectivity index (χ0) is 11.7. The Labute approximate surface area is 99.5 Å². The first-order valence-electron chi connectivity index (χ1n) is 5.77. The smallest absolute Gasteiger partial charge is 0.120 e. The molecule has 0 fully saturated rings. The predicted octanol–water partition coefficient (Wildman–Crippen LogP) is 3.19. The molecule has 1 heterocycles. The van der Waals surface area contributed by atoms with Gasteiger partial charge in [-0.25, -0.2) is 0 Å². The number of aryl methyl sites for hydroxylation is 1. The molecule has 0 aliphatic rings. The maximum absolute atomic E-state index is 4.21. The van der Waals surface area contributed by atoms with Crippen LogP contribution in [0.2, 0.25) is 0 Å². The first-order valence-corrected chi connectivity index (χ1v) is 5.77. The van der Waals surface area contributed by atoms with Crippen LogP contribution in [0.25, 0.3) is 22.2 Å². The standard InChI is InChI=1S/C14H13N3/c1-2-10-5-3-6-11(9-10)12-7-4-8-13-14(12)16-17-15-13/h3-9H,2H2,1H3,(H,15,16,17). The molecule has 3 rings (SSSR count). The van der Waals surface area contributed by atoms with Crippen molar-refractivity contribution in [2.24, 2.45) is 0 Å². The summed E-state index contributed by atoms with van der Waals surface area (Å²) in [7, 11) is 0. The largest absolute Gasteiger partial charge is 0.197 e. The number of nitrogens with zero attached hydrogens (tertiary/aromatic N) is 2. The van der Waals surface area contributed by atoms with E-state index in [0.717, 1.165) is 23.0 Å². The molecular weight excluding hydrogens is 210 g/mol. The zero-order valence-corrected chi connectivity index (χ0v) is 9.64. The van der Waals surface area contributed by atoms with E-state index >= 15 is 0 Å². The number of rotatable bonds is 2. The fourth-order valence-electron chi connectivity index (χ4n) is 2.06. The summed E-state index contributed by atoms with van der Waals surface area (Å²) >= 11 is 0. The number of hydrogen-bond donors (Lipinski definition) is 1. The van der Waals surface area contributed by atoms with Crippen molar-refractivity contribution >= 4 is 11.0 Å². The number of nitrogens with one attached hydrogen (secondary N) is 1. The van der Waals surface area contributed by atoms with Crippen LogP contribution in [0.4, 0.5) is 0 Å². The Kier molecular flexibility index (Phi) is 2.37. The summed E-state index contributed by atoms with van der Waals surface area (Å²) in [5.41, 5.74) is 5.50. The van der Waals surface area contributed by atoms with Gasteiger partial charge in [0.1, 0.15) is 11.0 Å². The summed E-state index contributed by atoms with van der Waals surface area (Å²) in [6.07, 6.45) is 1.04. The summed E-state index contributed by atoms with van der Waals surface area (Å²) < 4.78 is 0. The van der Waals surface area contributed by atoms with E-state index in [-0.39, 0.29) is 0 Å². The van der Waals surface area contributed by atoms with E-state index in [0.29, 0.717) is 0 Å². The highest BCUT2D eigenvalue weighted by Gasteiger charge is 2.06. The van der Waals surface area contributed by atoms with E-state index < -0.39 is 0 Å². The molecule has 0 unspecified atom stereocenters. The van der Waals surface area contributed by atoms with Gasteiger partial charge in [-0.3, -0.25) is 0 Å². The van der Waals surface area contributed by atoms with Crippen LogP contribution in [0.15, 0.2) is 42.5 Å². The lowest BCUT2D eigenvalue weighted by atomic mass is 10.0. The maximum atomic E-state index is 4.21. The second kappa shape index (κ2) is 4.01. The van der Waals surface area contributed by atoms with E-state index in [4.69, 9.17) is 0 Å². The minimum absolute atomic E-state index is 0.907. The zero-order valence-electron chi connectivity index (χ0n) is 9.64. The molecule has 84 valence electrons. The average Bonchev–Trinajstić information content (AvgIpc) is 2.87. The molecule has 1 aromatic heterocycles. The molecule has 0 saturated heterocycles.